The second-order valence-corrected chi connectivity index (χ2v) is 16.3. The van der Waals surface area contributed by atoms with Gasteiger partial charge in [-0.3, -0.25) is 0 Å². The number of methoxy groups -OCH3 is 1. The van der Waals surface area contributed by atoms with Crippen LogP contribution in [0.4, 0.5) is 0 Å². The lowest BCUT2D eigenvalue weighted by molar-refractivity contribution is -0.303. The average Bonchev–Trinajstić information content (AvgIpc) is 3.49. The number of fused-ring (bicyclic) bond motifs is 7. The fraction of sp³-hybridized carbons (Fsp3) is 1.00. The van der Waals surface area contributed by atoms with Crippen LogP contribution in [0.1, 0.15) is 79.1 Å². The molecule has 2 saturated heterocycles. The summed E-state index contributed by atoms with van der Waals surface area (Å²) in [7, 11) is 1.70. The predicted molar refractivity (Wildman–Crippen MR) is 163 cm³/mol. The quantitative estimate of drug-likeness (QED) is 0.178. The van der Waals surface area contributed by atoms with Crippen LogP contribution in [0.2, 0.25) is 0 Å². The Morgan fingerprint density at radius 2 is 1.65 bits per heavy atom. The zero-order chi connectivity index (χ0) is 33.6. The van der Waals surface area contributed by atoms with Crippen molar-refractivity contribution in [2.45, 2.75) is 146 Å². The fourth-order valence-corrected chi connectivity index (χ4v) is 11.6. The third-order valence-electron chi connectivity index (χ3n) is 14.4. The van der Waals surface area contributed by atoms with Crippen molar-refractivity contribution in [1.82, 2.24) is 0 Å². The van der Waals surface area contributed by atoms with Gasteiger partial charge in [0.05, 0.1) is 31.5 Å². The molecular weight excluding hydrogens is 600 g/mol. The van der Waals surface area contributed by atoms with E-state index in [-0.39, 0.29) is 54.1 Å². The van der Waals surface area contributed by atoms with E-state index in [4.69, 9.17) is 18.9 Å². The average molecular weight is 659 g/mol. The molecule has 19 atom stereocenters. The third kappa shape index (κ3) is 4.99. The third-order valence-corrected chi connectivity index (χ3v) is 14.4. The van der Waals surface area contributed by atoms with Crippen LogP contribution in [0.5, 0.6) is 0 Å². The summed E-state index contributed by atoms with van der Waals surface area (Å²) >= 11 is 0. The van der Waals surface area contributed by atoms with Gasteiger partial charge in [0.1, 0.15) is 36.1 Å². The lowest BCUT2D eigenvalue weighted by atomic mass is 9.41. The molecule has 266 valence electrons. The van der Waals surface area contributed by atoms with Gasteiger partial charge in [-0.1, -0.05) is 27.7 Å². The van der Waals surface area contributed by atoms with E-state index in [1.165, 1.54) is 0 Å². The molecule has 8 N–H and O–H groups in total. The molecule has 2 aliphatic heterocycles. The van der Waals surface area contributed by atoms with Crippen LogP contribution in [0, 0.1) is 46.3 Å². The topological polar surface area (TPSA) is 199 Å². The van der Waals surface area contributed by atoms with Crippen molar-refractivity contribution in [3.8, 4) is 0 Å². The molecule has 0 aromatic carbocycles. The number of rotatable bonds is 8. The molecule has 0 spiro atoms. The Labute approximate surface area is 272 Å². The summed E-state index contributed by atoms with van der Waals surface area (Å²) in [6.45, 7) is 8.29. The number of hydrogen-bond acceptors (Lipinski definition) is 12. The van der Waals surface area contributed by atoms with Crippen LogP contribution in [-0.4, -0.2) is 128 Å². The molecule has 4 saturated carbocycles. The summed E-state index contributed by atoms with van der Waals surface area (Å²) in [6.07, 6.45) is -4.66. The summed E-state index contributed by atoms with van der Waals surface area (Å²) in [6, 6.07) is 0. The van der Waals surface area contributed by atoms with Crippen molar-refractivity contribution in [2.75, 3.05) is 20.3 Å². The largest absolute Gasteiger partial charge is 0.394 e. The Morgan fingerprint density at radius 3 is 2.33 bits per heavy atom. The number of aliphatic hydroxyl groups excluding tert-OH is 7. The molecule has 0 bridgehead atoms. The summed E-state index contributed by atoms with van der Waals surface area (Å²) in [5.41, 5.74) is -2.43. The van der Waals surface area contributed by atoms with Gasteiger partial charge in [0, 0.05) is 31.3 Å². The summed E-state index contributed by atoms with van der Waals surface area (Å²) in [5, 5.41) is 84.4. The van der Waals surface area contributed by atoms with Gasteiger partial charge in [0.2, 0.25) is 0 Å². The van der Waals surface area contributed by atoms with Crippen LogP contribution >= 0.6 is 0 Å². The minimum Gasteiger partial charge on any atom is -0.394 e. The van der Waals surface area contributed by atoms with Gasteiger partial charge in [0.25, 0.3) is 0 Å². The van der Waals surface area contributed by atoms with E-state index in [0.717, 1.165) is 25.7 Å². The van der Waals surface area contributed by atoms with E-state index < -0.39 is 72.4 Å². The summed E-state index contributed by atoms with van der Waals surface area (Å²) in [4.78, 5) is 0. The number of aliphatic hydroxyl groups is 8. The highest BCUT2D eigenvalue weighted by molar-refractivity contribution is 5.21. The molecule has 6 rings (SSSR count). The maximum Gasteiger partial charge on any atom is 0.186 e. The number of hydrogen-bond donors (Lipinski definition) is 8. The van der Waals surface area contributed by atoms with Gasteiger partial charge in [-0.25, -0.2) is 0 Å². The van der Waals surface area contributed by atoms with Crippen molar-refractivity contribution in [3.05, 3.63) is 0 Å². The smallest absolute Gasteiger partial charge is 0.186 e. The predicted octanol–water partition coefficient (Wildman–Crippen LogP) is 0.283. The van der Waals surface area contributed by atoms with Crippen LogP contribution in [0.3, 0.4) is 0 Å². The summed E-state index contributed by atoms with van der Waals surface area (Å²) < 4.78 is 24.4. The molecule has 0 radical (unpaired) electrons. The first-order valence-corrected chi connectivity index (χ1v) is 17.5. The van der Waals surface area contributed by atoms with Gasteiger partial charge in [-0.15, -0.1) is 0 Å². The van der Waals surface area contributed by atoms with Gasteiger partial charge in [-0.05, 0) is 73.5 Å². The lowest BCUT2D eigenvalue weighted by Crippen LogP contribution is -2.73. The van der Waals surface area contributed by atoms with Crippen molar-refractivity contribution < 1.29 is 59.8 Å². The fourth-order valence-electron chi connectivity index (χ4n) is 11.6. The first-order chi connectivity index (χ1) is 21.6. The summed E-state index contributed by atoms with van der Waals surface area (Å²) in [5.74, 6) is 0.313. The maximum atomic E-state index is 11.8. The van der Waals surface area contributed by atoms with Gasteiger partial charge >= 0.3 is 0 Å². The first-order valence-electron chi connectivity index (χ1n) is 17.5. The van der Waals surface area contributed by atoms with E-state index in [0.29, 0.717) is 25.2 Å². The van der Waals surface area contributed by atoms with Crippen molar-refractivity contribution in [3.63, 3.8) is 0 Å². The molecule has 0 aromatic heterocycles. The normalized spacial score (nSPS) is 57.3. The Kier molecular flexibility index (Phi) is 9.52. The minimum absolute atomic E-state index is 0.00701. The Hall–Kier alpha value is -0.480. The second-order valence-electron chi connectivity index (χ2n) is 16.3. The molecule has 4 aliphatic carbocycles. The second kappa shape index (κ2) is 12.4. The molecule has 46 heavy (non-hydrogen) atoms. The van der Waals surface area contributed by atoms with E-state index in [1.54, 1.807) is 7.11 Å². The van der Waals surface area contributed by atoms with Gasteiger partial charge in [-0.2, -0.15) is 0 Å². The van der Waals surface area contributed by atoms with Crippen LogP contribution < -0.4 is 0 Å². The molecule has 12 nitrogen and oxygen atoms in total. The van der Waals surface area contributed by atoms with E-state index in [1.807, 2.05) is 13.8 Å². The van der Waals surface area contributed by atoms with E-state index in [2.05, 4.69) is 13.8 Å². The molecule has 0 aromatic rings. The van der Waals surface area contributed by atoms with Gasteiger partial charge < -0.3 is 59.8 Å². The van der Waals surface area contributed by atoms with Crippen LogP contribution in [0.25, 0.3) is 0 Å². The van der Waals surface area contributed by atoms with Gasteiger partial charge in [0.15, 0.2) is 12.1 Å². The highest BCUT2D eigenvalue weighted by atomic mass is 16.7. The zero-order valence-corrected chi connectivity index (χ0v) is 27.9. The van der Waals surface area contributed by atoms with E-state index in [9.17, 15) is 40.9 Å². The SMILES string of the molecule is CO[C@@]1(CC[C@H](C)CO[C@@H]2O[C@H](CO)[C@@H](O)[C@H](O)[C@@H]2O)O[C@H]2C[C@H]3[C@H]4CC[C@]5(O)[C@@H](O)[C@@H](O)C[C@H](O)[C@]5(C)[C@H]4CC[C@@]3(C)[C@H]2[C@@H]1C. The first kappa shape index (κ1) is 35.3. The van der Waals surface area contributed by atoms with Crippen molar-refractivity contribution in [1.29, 1.82) is 0 Å². The van der Waals surface area contributed by atoms with Crippen molar-refractivity contribution in [2.24, 2.45) is 46.3 Å². The standard InChI is InChI=1S/C34H58O12/c1-16(15-44-30-28(40)27(39)26(38)23(14-35)45-30)6-11-34(43-5)17(2)25-22(46-34)12-20-18-7-10-33(42)29(41)21(36)13-24(37)32(33,4)19(18)8-9-31(20,25)3/h16-30,35-42H,6-15H2,1-5H3/t16-,17-,18-,19-,20-,21-,22-,23+,24-,25-,26+,27-,28-,29-,30+,31+,32-,33-,34-/m0/s1. The molecule has 0 unspecified atom stereocenters. The molecule has 0 amide bonds. The van der Waals surface area contributed by atoms with Crippen LogP contribution in [0.15, 0.2) is 0 Å². The molecule has 6 aliphatic rings. The van der Waals surface area contributed by atoms with E-state index >= 15 is 0 Å². The zero-order valence-electron chi connectivity index (χ0n) is 27.9. The van der Waals surface area contributed by atoms with Crippen molar-refractivity contribution >= 4 is 0 Å². The molecule has 12 heteroatoms. The molecule has 2 heterocycles. The Morgan fingerprint density at radius 1 is 0.935 bits per heavy atom. The lowest BCUT2D eigenvalue weighted by Gasteiger charge is -2.66. The minimum atomic E-state index is -1.52. The Balaban J connectivity index is 1.11. The number of ether oxygens (including phenoxy) is 4. The molecular formula is C34H58O12. The highest BCUT2D eigenvalue weighted by Crippen LogP contribution is 2.71. The molecule has 6 fully saturated rings. The Bertz CT molecular complexity index is 1090. The highest BCUT2D eigenvalue weighted by Gasteiger charge is 2.73. The monoisotopic (exact) mass is 658 g/mol. The van der Waals surface area contributed by atoms with Crippen LogP contribution in [-0.2, 0) is 18.9 Å². The maximum absolute atomic E-state index is 11.8.